The van der Waals surface area contributed by atoms with E-state index in [1.807, 2.05) is 6.08 Å². The van der Waals surface area contributed by atoms with E-state index in [4.69, 9.17) is 5.73 Å². The van der Waals surface area contributed by atoms with Crippen LogP contribution in [0.25, 0.3) is 0 Å². The summed E-state index contributed by atoms with van der Waals surface area (Å²) in [6.45, 7) is 8.06. The van der Waals surface area contributed by atoms with Gasteiger partial charge in [0, 0.05) is 19.6 Å². The Morgan fingerprint density at radius 3 is 2.73 bits per heavy atom. The number of rotatable bonds is 6. The molecule has 0 spiro atoms. The van der Waals surface area contributed by atoms with E-state index in [1.54, 1.807) is 12.4 Å². The molecule has 15 heavy (non-hydrogen) atoms. The highest BCUT2D eigenvalue weighted by Gasteiger charge is 2.05. The van der Waals surface area contributed by atoms with Gasteiger partial charge in [0.25, 0.3) is 0 Å². The zero-order valence-corrected chi connectivity index (χ0v) is 9.19. The normalized spacial score (nSPS) is 10.0. The first-order chi connectivity index (χ1) is 7.31. The Morgan fingerprint density at radius 1 is 1.47 bits per heavy atom. The highest BCUT2D eigenvalue weighted by Crippen LogP contribution is 2.09. The van der Waals surface area contributed by atoms with Crippen molar-refractivity contribution in [1.82, 2.24) is 9.97 Å². The van der Waals surface area contributed by atoms with Crippen molar-refractivity contribution in [2.75, 3.05) is 18.0 Å². The molecule has 0 saturated carbocycles. The average Bonchev–Trinajstić information content (AvgIpc) is 2.29. The van der Waals surface area contributed by atoms with Crippen molar-refractivity contribution < 1.29 is 0 Å². The van der Waals surface area contributed by atoms with Gasteiger partial charge >= 0.3 is 0 Å². The highest BCUT2D eigenvalue weighted by molar-refractivity contribution is 5.36. The van der Waals surface area contributed by atoms with Crippen LogP contribution < -0.4 is 10.6 Å². The van der Waals surface area contributed by atoms with Gasteiger partial charge in [-0.15, -0.1) is 6.58 Å². The minimum absolute atomic E-state index is 0.433. The van der Waals surface area contributed by atoms with Crippen LogP contribution in [0.4, 0.5) is 5.82 Å². The van der Waals surface area contributed by atoms with E-state index in [1.165, 1.54) is 0 Å². The van der Waals surface area contributed by atoms with Gasteiger partial charge in [0.2, 0.25) is 0 Å². The van der Waals surface area contributed by atoms with Crippen LogP contribution in [0.15, 0.2) is 25.0 Å². The first kappa shape index (κ1) is 11.7. The second-order valence-electron chi connectivity index (χ2n) is 3.30. The smallest absolute Gasteiger partial charge is 0.147 e. The molecule has 0 aliphatic rings. The number of aromatic nitrogens is 2. The fraction of sp³-hybridized carbons (Fsp3) is 0.455. The van der Waals surface area contributed by atoms with Crippen molar-refractivity contribution in [3.05, 3.63) is 30.7 Å². The van der Waals surface area contributed by atoms with Gasteiger partial charge in [-0.2, -0.15) is 0 Å². The molecule has 4 heteroatoms. The van der Waals surface area contributed by atoms with Crippen molar-refractivity contribution >= 4 is 5.82 Å². The Kier molecular flexibility index (Phi) is 4.77. The molecule has 0 atom stereocenters. The molecule has 0 unspecified atom stereocenters. The molecule has 1 heterocycles. The third-order valence-electron chi connectivity index (χ3n) is 2.07. The van der Waals surface area contributed by atoms with Crippen molar-refractivity contribution in [2.45, 2.75) is 19.9 Å². The minimum atomic E-state index is 0.433. The average molecular weight is 206 g/mol. The van der Waals surface area contributed by atoms with Crippen LogP contribution in [-0.4, -0.2) is 23.1 Å². The molecule has 1 rings (SSSR count). The first-order valence-electron chi connectivity index (χ1n) is 5.18. The number of hydrogen-bond acceptors (Lipinski definition) is 4. The highest BCUT2D eigenvalue weighted by atomic mass is 15.2. The summed E-state index contributed by atoms with van der Waals surface area (Å²) in [5.41, 5.74) is 6.27. The summed E-state index contributed by atoms with van der Waals surface area (Å²) in [5.74, 6) is 0.883. The summed E-state index contributed by atoms with van der Waals surface area (Å²) in [7, 11) is 0. The number of nitrogens with two attached hydrogens (primary N) is 1. The Labute approximate surface area is 90.8 Å². The zero-order chi connectivity index (χ0) is 11.1. The van der Waals surface area contributed by atoms with Gasteiger partial charge in [0.1, 0.15) is 5.82 Å². The van der Waals surface area contributed by atoms with E-state index in [0.717, 1.165) is 31.0 Å². The molecule has 4 nitrogen and oxygen atoms in total. The van der Waals surface area contributed by atoms with Crippen LogP contribution in [-0.2, 0) is 6.54 Å². The molecule has 1 aromatic rings. The SMILES string of the molecule is C=CCN(CCC)c1cnc(CN)cn1. The van der Waals surface area contributed by atoms with Crippen molar-refractivity contribution in [2.24, 2.45) is 5.73 Å². The summed E-state index contributed by atoms with van der Waals surface area (Å²) < 4.78 is 0. The molecule has 0 radical (unpaired) electrons. The van der Waals surface area contributed by atoms with Gasteiger partial charge in [-0.3, -0.25) is 4.98 Å². The maximum atomic E-state index is 5.46. The fourth-order valence-corrected chi connectivity index (χ4v) is 1.34. The quantitative estimate of drug-likeness (QED) is 0.714. The van der Waals surface area contributed by atoms with Crippen LogP contribution in [0.5, 0.6) is 0 Å². The Balaban J connectivity index is 2.76. The van der Waals surface area contributed by atoms with Gasteiger partial charge in [-0.05, 0) is 6.42 Å². The predicted molar refractivity (Wildman–Crippen MR) is 62.6 cm³/mol. The summed E-state index contributed by atoms with van der Waals surface area (Å²) in [6.07, 6.45) is 6.44. The van der Waals surface area contributed by atoms with Crippen molar-refractivity contribution in [3.8, 4) is 0 Å². The summed E-state index contributed by atoms with van der Waals surface area (Å²) >= 11 is 0. The zero-order valence-electron chi connectivity index (χ0n) is 9.19. The Morgan fingerprint density at radius 2 is 2.27 bits per heavy atom. The largest absolute Gasteiger partial charge is 0.352 e. The molecule has 0 fully saturated rings. The molecule has 0 aromatic carbocycles. The van der Waals surface area contributed by atoms with E-state index < -0.39 is 0 Å². The maximum Gasteiger partial charge on any atom is 0.147 e. The molecular weight excluding hydrogens is 188 g/mol. The van der Waals surface area contributed by atoms with Crippen molar-refractivity contribution in [1.29, 1.82) is 0 Å². The first-order valence-corrected chi connectivity index (χ1v) is 5.18. The number of nitrogens with zero attached hydrogens (tertiary/aromatic N) is 3. The second-order valence-corrected chi connectivity index (χ2v) is 3.30. The third kappa shape index (κ3) is 3.32. The lowest BCUT2D eigenvalue weighted by atomic mass is 10.4. The monoisotopic (exact) mass is 206 g/mol. The predicted octanol–water partition coefficient (Wildman–Crippen LogP) is 1.34. The standard InChI is InChI=1S/C11H18N4/c1-3-5-15(6-4-2)11-9-13-10(7-12)8-14-11/h3,8-9H,1,4-7,12H2,2H3. The van der Waals surface area contributed by atoms with Crippen LogP contribution in [0, 0.1) is 0 Å². The molecule has 0 aliphatic heterocycles. The lowest BCUT2D eigenvalue weighted by Crippen LogP contribution is -2.25. The Hall–Kier alpha value is -1.42. The molecular formula is C11H18N4. The summed E-state index contributed by atoms with van der Waals surface area (Å²) in [6, 6.07) is 0. The summed E-state index contributed by atoms with van der Waals surface area (Å²) in [4.78, 5) is 10.7. The van der Waals surface area contributed by atoms with Gasteiger partial charge in [0.15, 0.2) is 0 Å². The fourth-order valence-electron chi connectivity index (χ4n) is 1.34. The summed E-state index contributed by atoms with van der Waals surface area (Å²) in [5, 5.41) is 0. The molecule has 1 aromatic heterocycles. The van der Waals surface area contributed by atoms with Gasteiger partial charge in [-0.1, -0.05) is 13.0 Å². The molecule has 0 bridgehead atoms. The number of hydrogen-bond donors (Lipinski definition) is 1. The molecule has 0 amide bonds. The van der Waals surface area contributed by atoms with E-state index >= 15 is 0 Å². The van der Waals surface area contributed by atoms with Crippen molar-refractivity contribution in [3.63, 3.8) is 0 Å². The lowest BCUT2D eigenvalue weighted by molar-refractivity contribution is 0.794. The van der Waals surface area contributed by atoms with Crippen LogP contribution in [0.3, 0.4) is 0 Å². The maximum absolute atomic E-state index is 5.46. The minimum Gasteiger partial charge on any atom is -0.352 e. The molecule has 2 N–H and O–H groups in total. The lowest BCUT2D eigenvalue weighted by Gasteiger charge is -2.20. The molecule has 0 saturated heterocycles. The van der Waals surface area contributed by atoms with E-state index in [-0.39, 0.29) is 0 Å². The van der Waals surface area contributed by atoms with E-state index in [9.17, 15) is 0 Å². The second kappa shape index (κ2) is 6.14. The third-order valence-corrected chi connectivity index (χ3v) is 2.07. The number of anilines is 1. The molecule has 0 aliphatic carbocycles. The van der Waals surface area contributed by atoms with Gasteiger partial charge in [-0.25, -0.2) is 4.98 Å². The topological polar surface area (TPSA) is 55.0 Å². The molecule has 82 valence electrons. The van der Waals surface area contributed by atoms with E-state index in [2.05, 4.69) is 28.4 Å². The van der Waals surface area contributed by atoms with Gasteiger partial charge < -0.3 is 10.6 Å². The van der Waals surface area contributed by atoms with Gasteiger partial charge in [0.05, 0.1) is 18.1 Å². The van der Waals surface area contributed by atoms with E-state index in [0.29, 0.717) is 6.54 Å². The van der Waals surface area contributed by atoms with Crippen LogP contribution in [0.2, 0.25) is 0 Å². The van der Waals surface area contributed by atoms with Crippen LogP contribution >= 0.6 is 0 Å². The Bertz CT molecular complexity index is 294. The van der Waals surface area contributed by atoms with Crippen LogP contribution in [0.1, 0.15) is 19.0 Å².